The van der Waals surface area contributed by atoms with Gasteiger partial charge in [-0.05, 0) is 30.7 Å². The second kappa shape index (κ2) is 6.20. The van der Waals surface area contributed by atoms with E-state index in [-0.39, 0.29) is 17.7 Å². The number of ether oxygens (including phenoxy) is 1. The SMILES string of the molecule is C[C@@H](N)c1ccc(OCc2ccc(Cl)c(F)c2)cc1F. The second-order valence-corrected chi connectivity index (χ2v) is 4.92. The van der Waals surface area contributed by atoms with Gasteiger partial charge in [-0.1, -0.05) is 23.7 Å². The van der Waals surface area contributed by atoms with E-state index in [9.17, 15) is 8.78 Å². The van der Waals surface area contributed by atoms with Crippen LogP contribution in [0.1, 0.15) is 24.1 Å². The monoisotopic (exact) mass is 297 g/mol. The van der Waals surface area contributed by atoms with E-state index >= 15 is 0 Å². The highest BCUT2D eigenvalue weighted by atomic mass is 35.5. The Labute approximate surface area is 121 Å². The quantitative estimate of drug-likeness (QED) is 0.917. The topological polar surface area (TPSA) is 35.2 Å². The van der Waals surface area contributed by atoms with Gasteiger partial charge in [-0.15, -0.1) is 0 Å². The van der Waals surface area contributed by atoms with E-state index < -0.39 is 11.6 Å². The second-order valence-electron chi connectivity index (χ2n) is 4.51. The van der Waals surface area contributed by atoms with Gasteiger partial charge in [0.25, 0.3) is 0 Å². The molecule has 0 unspecified atom stereocenters. The van der Waals surface area contributed by atoms with Gasteiger partial charge in [-0.2, -0.15) is 0 Å². The lowest BCUT2D eigenvalue weighted by Crippen LogP contribution is -2.07. The van der Waals surface area contributed by atoms with Crippen molar-refractivity contribution in [3.8, 4) is 5.75 Å². The van der Waals surface area contributed by atoms with Crippen molar-refractivity contribution in [1.82, 2.24) is 0 Å². The molecule has 20 heavy (non-hydrogen) atoms. The Balaban J connectivity index is 2.07. The van der Waals surface area contributed by atoms with E-state index in [2.05, 4.69) is 0 Å². The average Bonchev–Trinajstić information content (AvgIpc) is 2.40. The molecule has 0 saturated heterocycles. The zero-order valence-electron chi connectivity index (χ0n) is 10.9. The third-order valence-corrected chi connectivity index (χ3v) is 3.16. The number of halogens is 3. The fraction of sp³-hybridized carbons (Fsp3) is 0.200. The van der Waals surface area contributed by atoms with Crippen molar-refractivity contribution in [2.24, 2.45) is 5.73 Å². The van der Waals surface area contributed by atoms with Crippen LogP contribution in [0.25, 0.3) is 0 Å². The van der Waals surface area contributed by atoms with Gasteiger partial charge in [-0.3, -0.25) is 0 Å². The molecule has 0 saturated carbocycles. The van der Waals surface area contributed by atoms with Crippen molar-refractivity contribution in [3.05, 3.63) is 64.2 Å². The van der Waals surface area contributed by atoms with Gasteiger partial charge in [0.15, 0.2) is 0 Å². The fourth-order valence-corrected chi connectivity index (χ4v) is 1.88. The molecule has 106 valence electrons. The van der Waals surface area contributed by atoms with Crippen LogP contribution in [0.5, 0.6) is 5.75 Å². The van der Waals surface area contributed by atoms with Crippen LogP contribution in [-0.4, -0.2) is 0 Å². The zero-order chi connectivity index (χ0) is 14.7. The molecule has 2 rings (SSSR count). The van der Waals surface area contributed by atoms with Crippen molar-refractivity contribution >= 4 is 11.6 Å². The lowest BCUT2D eigenvalue weighted by atomic mass is 10.1. The third-order valence-electron chi connectivity index (χ3n) is 2.85. The fourth-order valence-electron chi connectivity index (χ4n) is 1.76. The van der Waals surface area contributed by atoms with Crippen LogP contribution in [0.4, 0.5) is 8.78 Å². The van der Waals surface area contributed by atoms with Gasteiger partial charge >= 0.3 is 0 Å². The molecule has 0 spiro atoms. The van der Waals surface area contributed by atoms with Gasteiger partial charge < -0.3 is 10.5 Å². The van der Waals surface area contributed by atoms with Gasteiger partial charge in [0, 0.05) is 17.7 Å². The molecule has 0 aliphatic carbocycles. The first-order valence-electron chi connectivity index (χ1n) is 6.09. The maximum atomic E-state index is 13.7. The molecule has 0 aromatic heterocycles. The summed E-state index contributed by atoms with van der Waals surface area (Å²) < 4.78 is 32.4. The summed E-state index contributed by atoms with van der Waals surface area (Å²) in [6, 6.07) is 8.49. The Morgan fingerprint density at radius 1 is 1.15 bits per heavy atom. The molecule has 0 amide bonds. The molecule has 5 heteroatoms. The molecule has 0 heterocycles. The van der Waals surface area contributed by atoms with Gasteiger partial charge in [0.1, 0.15) is 24.0 Å². The molecule has 1 atom stereocenters. The van der Waals surface area contributed by atoms with Crippen molar-refractivity contribution in [2.75, 3.05) is 0 Å². The smallest absolute Gasteiger partial charge is 0.142 e. The van der Waals surface area contributed by atoms with Crippen LogP contribution in [0.15, 0.2) is 36.4 Å². The van der Waals surface area contributed by atoms with Crippen LogP contribution >= 0.6 is 11.6 Å². The first kappa shape index (κ1) is 14.8. The number of benzene rings is 2. The predicted octanol–water partition coefficient (Wildman–Crippen LogP) is 4.22. The van der Waals surface area contributed by atoms with E-state index in [1.807, 2.05) is 0 Å². The maximum absolute atomic E-state index is 13.7. The summed E-state index contributed by atoms with van der Waals surface area (Å²) in [5.41, 5.74) is 6.67. The first-order valence-corrected chi connectivity index (χ1v) is 6.47. The van der Waals surface area contributed by atoms with Gasteiger partial charge in [0.2, 0.25) is 0 Å². The summed E-state index contributed by atoms with van der Waals surface area (Å²) in [4.78, 5) is 0. The standard InChI is InChI=1S/C15H14ClF2NO/c1-9(19)12-4-3-11(7-14(12)17)20-8-10-2-5-13(16)15(18)6-10/h2-7,9H,8,19H2,1H3/t9-/m1/s1. The molecule has 2 N–H and O–H groups in total. The van der Waals surface area contributed by atoms with Crippen LogP contribution in [0, 0.1) is 11.6 Å². The average molecular weight is 298 g/mol. The highest BCUT2D eigenvalue weighted by molar-refractivity contribution is 6.30. The summed E-state index contributed by atoms with van der Waals surface area (Å²) in [6.45, 7) is 1.83. The van der Waals surface area contributed by atoms with E-state index in [1.54, 1.807) is 25.1 Å². The Kier molecular flexibility index (Phi) is 4.57. The van der Waals surface area contributed by atoms with E-state index in [1.165, 1.54) is 18.2 Å². The summed E-state index contributed by atoms with van der Waals surface area (Å²) in [6.07, 6.45) is 0. The first-order chi connectivity index (χ1) is 9.47. The molecular formula is C15H14ClF2NO. The van der Waals surface area contributed by atoms with Crippen molar-refractivity contribution in [3.63, 3.8) is 0 Å². The van der Waals surface area contributed by atoms with E-state index in [4.69, 9.17) is 22.1 Å². The molecule has 0 aliphatic rings. The van der Waals surface area contributed by atoms with Crippen LogP contribution in [0.3, 0.4) is 0 Å². The minimum atomic E-state index is -0.508. The van der Waals surface area contributed by atoms with Crippen LogP contribution < -0.4 is 10.5 Å². The van der Waals surface area contributed by atoms with Gasteiger partial charge in [0.05, 0.1) is 5.02 Å². The van der Waals surface area contributed by atoms with Crippen molar-refractivity contribution < 1.29 is 13.5 Å². The molecule has 0 aliphatic heterocycles. The lowest BCUT2D eigenvalue weighted by molar-refractivity contribution is 0.303. The van der Waals surface area contributed by atoms with E-state index in [0.717, 1.165) is 0 Å². The Bertz CT molecular complexity index is 617. The summed E-state index contributed by atoms with van der Waals surface area (Å²) >= 11 is 5.59. The molecule has 2 nitrogen and oxygen atoms in total. The minimum Gasteiger partial charge on any atom is -0.489 e. The Hall–Kier alpha value is -1.65. The molecule has 2 aromatic rings. The Morgan fingerprint density at radius 3 is 2.50 bits per heavy atom. The van der Waals surface area contributed by atoms with Gasteiger partial charge in [-0.25, -0.2) is 8.78 Å². The van der Waals surface area contributed by atoms with Crippen molar-refractivity contribution in [1.29, 1.82) is 0 Å². The number of hydrogen-bond acceptors (Lipinski definition) is 2. The highest BCUT2D eigenvalue weighted by Gasteiger charge is 2.08. The van der Waals surface area contributed by atoms with Crippen LogP contribution in [-0.2, 0) is 6.61 Å². The third kappa shape index (κ3) is 3.46. The lowest BCUT2D eigenvalue weighted by Gasteiger charge is -2.10. The van der Waals surface area contributed by atoms with Crippen LogP contribution in [0.2, 0.25) is 5.02 Å². The molecular weight excluding hydrogens is 284 g/mol. The normalized spacial score (nSPS) is 12.2. The molecule has 2 aromatic carbocycles. The highest BCUT2D eigenvalue weighted by Crippen LogP contribution is 2.22. The number of nitrogens with two attached hydrogens (primary N) is 1. The largest absolute Gasteiger partial charge is 0.489 e. The Morgan fingerprint density at radius 2 is 1.90 bits per heavy atom. The molecule has 0 bridgehead atoms. The predicted molar refractivity (Wildman–Crippen MR) is 74.7 cm³/mol. The summed E-state index contributed by atoms with van der Waals surface area (Å²) in [7, 11) is 0. The number of rotatable bonds is 4. The molecule has 0 fully saturated rings. The minimum absolute atomic E-state index is 0.0566. The molecule has 0 radical (unpaired) electrons. The van der Waals surface area contributed by atoms with Crippen molar-refractivity contribution in [2.45, 2.75) is 19.6 Å². The summed E-state index contributed by atoms with van der Waals surface area (Å²) in [5, 5.41) is 0.0566. The summed E-state index contributed by atoms with van der Waals surface area (Å²) in [5.74, 6) is -0.562. The van der Waals surface area contributed by atoms with E-state index in [0.29, 0.717) is 16.9 Å². The maximum Gasteiger partial charge on any atom is 0.142 e. The zero-order valence-corrected chi connectivity index (χ0v) is 11.6. The number of hydrogen-bond donors (Lipinski definition) is 1.